The predicted octanol–water partition coefficient (Wildman–Crippen LogP) is 3.92. The van der Waals surface area contributed by atoms with Gasteiger partial charge in [-0.1, -0.05) is 24.4 Å². The summed E-state index contributed by atoms with van der Waals surface area (Å²) in [5.41, 5.74) is 0. The Bertz CT molecular complexity index is 1350. The molecule has 0 aliphatic heterocycles. The first-order valence-electron chi connectivity index (χ1n) is 10.4. The summed E-state index contributed by atoms with van der Waals surface area (Å²) in [7, 11) is 0. The molecule has 4 heterocycles. The topological polar surface area (TPSA) is 130 Å². The van der Waals surface area contributed by atoms with Crippen LogP contribution in [0.4, 0.5) is 23.3 Å². The fourth-order valence-corrected chi connectivity index (χ4v) is 4.31. The Morgan fingerprint density at radius 3 is 1.29 bits per heavy atom. The molecule has 12 nitrogen and oxygen atoms in total. The second-order valence-corrected chi connectivity index (χ2v) is 11.3. The van der Waals surface area contributed by atoms with Crippen molar-refractivity contribution in [2.45, 2.75) is 0 Å². The van der Waals surface area contributed by atoms with Crippen LogP contribution in [0.5, 0.6) is 0 Å². The van der Waals surface area contributed by atoms with Crippen molar-refractivity contribution in [1.29, 1.82) is 0 Å². The summed E-state index contributed by atoms with van der Waals surface area (Å²) in [6.07, 6.45) is 12.8. The van der Waals surface area contributed by atoms with Gasteiger partial charge in [-0.15, -0.1) is 25.3 Å². The van der Waals surface area contributed by atoms with Gasteiger partial charge in [0.1, 0.15) is 11.6 Å². The predicted molar refractivity (Wildman–Crippen MR) is 180 cm³/mol. The first kappa shape index (κ1) is 34.9. The van der Waals surface area contributed by atoms with E-state index in [9.17, 15) is 0 Å². The standard InChI is InChI=1S/2C10H9N5S4.Mo.2O/c2*16-9(17)14(7-2-1-3-12-7)15(10(18)19)8-6-11-4-5-13-8;;;/h2*1-6,12H,(H,16,17)(H,18,19);;;/q;;+2;;/p-2. The zero-order valence-corrected chi connectivity index (χ0v) is 28.8. The third kappa shape index (κ3) is 10.5. The molecule has 21 heteroatoms. The average Bonchev–Trinajstić information content (AvgIpc) is 3.66. The molecular weight excluding hydrogens is 765 g/mol. The van der Waals surface area contributed by atoms with Gasteiger partial charge in [0, 0.05) is 37.2 Å². The van der Waals surface area contributed by atoms with Crippen molar-refractivity contribution in [3.63, 3.8) is 0 Å². The zero-order valence-electron chi connectivity index (χ0n) is 20.1. The molecule has 0 aliphatic rings. The Kier molecular flexibility index (Phi) is 15.6. The number of thiol groups is 2. The van der Waals surface area contributed by atoms with Crippen molar-refractivity contribution in [3.05, 3.63) is 73.8 Å². The Morgan fingerprint density at radius 2 is 1.07 bits per heavy atom. The number of hydrazine groups is 2. The minimum atomic E-state index is -2.03. The normalized spacial score (nSPS) is 9.41. The van der Waals surface area contributed by atoms with E-state index < -0.39 is 18.5 Å². The van der Waals surface area contributed by atoms with Gasteiger partial charge in [0.15, 0.2) is 20.3 Å². The number of hydrogen-bond acceptors (Lipinski definition) is 12. The first-order valence-corrected chi connectivity index (χ1v) is 15.4. The van der Waals surface area contributed by atoms with Crippen LogP contribution in [-0.4, -0.2) is 47.2 Å². The molecule has 0 aliphatic carbocycles. The molecule has 4 aromatic rings. The summed E-state index contributed by atoms with van der Waals surface area (Å²) < 4.78 is 17.9. The van der Waals surface area contributed by atoms with Gasteiger partial charge in [-0.2, -0.15) is 0 Å². The molecule has 0 aromatic carbocycles. The summed E-state index contributed by atoms with van der Waals surface area (Å²) in [6, 6.07) is 7.28. The molecule has 0 amide bonds. The van der Waals surface area contributed by atoms with Crippen LogP contribution in [0.2, 0.25) is 0 Å². The Balaban J connectivity index is 0.000000262. The quantitative estimate of drug-likeness (QED) is 0.0785. The molecular formula is C20H16MoN10O2S8. The molecule has 0 radical (unpaired) electrons. The zero-order chi connectivity index (χ0) is 30.4. The molecule has 4 rings (SSSR count). The number of H-pyrrole nitrogens is 2. The monoisotopic (exact) mass is 782 g/mol. The fourth-order valence-electron chi connectivity index (χ4n) is 2.85. The van der Waals surface area contributed by atoms with Crippen LogP contribution >= 0.6 is 74.1 Å². The molecule has 0 saturated heterocycles. The number of rotatable bonds is 4. The second kappa shape index (κ2) is 18.3. The van der Waals surface area contributed by atoms with Gasteiger partial charge in [0.05, 0.1) is 12.4 Å². The third-order valence-corrected chi connectivity index (χ3v) is 5.68. The van der Waals surface area contributed by atoms with Crippen LogP contribution in [0.15, 0.2) is 73.8 Å². The fraction of sp³-hybridized carbons (Fsp3) is 0. The average molecular weight is 781 g/mol. The number of aromatic nitrogens is 6. The SMILES string of the molecule is S=C(S)N(c1cnccn1)N(C(=S)[S-])c1ccc[nH]1.S=C(S)N(c1cnccn1)N(C(=S)[S-])c1ccc[nH]1.[O]=[Mo+2]=[O]. The van der Waals surface area contributed by atoms with Gasteiger partial charge < -0.3 is 59.7 Å². The van der Waals surface area contributed by atoms with Gasteiger partial charge >= 0.3 is 25.3 Å². The van der Waals surface area contributed by atoms with E-state index in [1.807, 2.05) is 24.3 Å². The molecule has 212 valence electrons. The third-order valence-electron chi connectivity index (χ3n) is 4.26. The number of nitrogens with zero attached hydrogens (tertiary/aromatic N) is 8. The van der Waals surface area contributed by atoms with Gasteiger partial charge in [-0.3, -0.25) is 9.97 Å². The van der Waals surface area contributed by atoms with Crippen LogP contribution in [0.25, 0.3) is 0 Å². The summed E-state index contributed by atoms with van der Waals surface area (Å²) in [5, 5.41) is 6.08. The van der Waals surface area contributed by atoms with Crippen molar-refractivity contribution >= 4 is 140 Å². The maximum atomic E-state index is 8.50. The van der Waals surface area contributed by atoms with E-state index >= 15 is 0 Å². The van der Waals surface area contributed by atoms with Crippen molar-refractivity contribution in [1.82, 2.24) is 29.9 Å². The van der Waals surface area contributed by atoms with Gasteiger partial charge in [0.25, 0.3) is 0 Å². The van der Waals surface area contributed by atoms with Crippen LogP contribution < -0.4 is 20.0 Å². The van der Waals surface area contributed by atoms with E-state index in [-0.39, 0.29) is 17.3 Å². The van der Waals surface area contributed by atoms with Crippen molar-refractivity contribution in [3.8, 4) is 0 Å². The summed E-state index contributed by atoms with van der Waals surface area (Å²) in [5.74, 6) is 2.29. The van der Waals surface area contributed by atoms with E-state index in [1.54, 1.807) is 49.6 Å². The van der Waals surface area contributed by atoms with Crippen LogP contribution in [0.3, 0.4) is 0 Å². The van der Waals surface area contributed by atoms with Crippen molar-refractivity contribution in [2.75, 3.05) is 20.0 Å². The van der Waals surface area contributed by atoms with E-state index in [2.05, 4.69) is 55.2 Å². The van der Waals surface area contributed by atoms with Gasteiger partial charge in [-0.05, 0) is 32.9 Å². The molecule has 0 unspecified atom stereocenters. The second-order valence-electron chi connectivity index (χ2n) is 6.65. The summed E-state index contributed by atoms with van der Waals surface area (Å²) in [6.45, 7) is 0. The molecule has 0 fully saturated rings. The van der Waals surface area contributed by atoms with Crippen LogP contribution in [0.1, 0.15) is 0 Å². The molecule has 0 bridgehead atoms. The number of hydrogen-bond donors (Lipinski definition) is 4. The maximum absolute atomic E-state index is 8.50. The van der Waals surface area contributed by atoms with Crippen molar-refractivity contribution < 1.29 is 25.3 Å². The van der Waals surface area contributed by atoms with E-state index in [4.69, 9.17) is 80.9 Å². The summed E-state index contributed by atoms with van der Waals surface area (Å²) >= 11 is 37.0. The Morgan fingerprint density at radius 1 is 0.707 bits per heavy atom. The number of aromatic amines is 2. The van der Waals surface area contributed by atoms with Crippen LogP contribution in [-0.2, 0) is 50.5 Å². The Hall–Kier alpha value is -2.29. The number of nitrogens with one attached hydrogen (secondary N) is 2. The number of thiocarbonyl (C=S) groups is 4. The van der Waals surface area contributed by atoms with Gasteiger partial charge in [-0.25, -0.2) is 30.0 Å². The molecule has 0 saturated carbocycles. The van der Waals surface area contributed by atoms with Crippen LogP contribution in [0, 0.1) is 0 Å². The van der Waals surface area contributed by atoms with Gasteiger partial charge in [0.2, 0.25) is 0 Å². The molecule has 0 spiro atoms. The molecule has 2 N–H and O–H groups in total. The molecule has 41 heavy (non-hydrogen) atoms. The molecule has 4 aromatic heterocycles. The Labute approximate surface area is 286 Å². The van der Waals surface area contributed by atoms with Crippen molar-refractivity contribution in [2.24, 2.45) is 0 Å². The first-order chi connectivity index (χ1) is 19.6. The van der Waals surface area contributed by atoms with E-state index in [0.29, 0.717) is 23.3 Å². The molecule has 0 atom stereocenters. The number of anilines is 4. The minimum absolute atomic E-state index is 0.185. The van der Waals surface area contributed by atoms with E-state index in [1.165, 1.54) is 20.0 Å². The van der Waals surface area contributed by atoms with E-state index in [0.717, 1.165) is 0 Å². The summed E-state index contributed by atoms with van der Waals surface area (Å²) in [4.78, 5) is 22.4.